The maximum atomic E-state index is 6.23. The van der Waals surface area contributed by atoms with E-state index in [1.807, 2.05) is 6.07 Å². The molecule has 0 N–H and O–H groups in total. The van der Waals surface area contributed by atoms with Crippen LogP contribution in [0.1, 0.15) is 25.0 Å². The third-order valence-corrected chi connectivity index (χ3v) is 7.75. The number of aromatic nitrogens is 3. The highest BCUT2D eigenvalue weighted by atomic mass is 35.5. The molecule has 6 aromatic rings. The fourth-order valence-electron chi connectivity index (χ4n) is 5.81. The molecule has 0 fully saturated rings. The zero-order chi connectivity index (χ0) is 24.4. The number of aryl methyl sites for hydroxylation is 1. The molecule has 7 rings (SSSR count). The van der Waals surface area contributed by atoms with Crippen LogP contribution in [-0.4, -0.2) is 20.6 Å². The zero-order valence-corrected chi connectivity index (χ0v) is 20.9. The van der Waals surface area contributed by atoms with Crippen LogP contribution in [-0.2, 0) is 12.0 Å². The summed E-state index contributed by atoms with van der Waals surface area (Å²) in [4.78, 5) is 0. The molecule has 2 heterocycles. The summed E-state index contributed by atoms with van der Waals surface area (Å²) >= 11 is 6.11. The Hall–Kier alpha value is -3.89. The van der Waals surface area contributed by atoms with Gasteiger partial charge in [-0.25, -0.2) is 0 Å². The van der Waals surface area contributed by atoms with Crippen molar-refractivity contribution in [2.24, 2.45) is 0 Å². The molecule has 4 nitrogen and oxygen atoms in total. The van der Waals surface area contributed by atoms with E-state index in [0.717, 1.165) is 28.6 Å². The van der Waals surface area contributed by atoms with Crippen LogP contribution >= 0.6 is 11.6 Å². The van der Waals surface area contributed by atoms with Crippen molar-refractivity contribution < 1.29 is 4.42 Å². The van der Waals surface area contributed by atoms with Crippen LogP contribution in [0.3, 0.4) is 0 Å². The summed E-state index contributed by atoms with van der Waals surface area (Å²) in [6.45, 7) is 5.31. The summed E-state index contributed by atoms with van der Waals surface area (Å²) in [6.07, 6.45) is 0. The lowest BCUT2D eigenvalue weighted by Gasteiger charge is -2.21. The van der Waals surface area contributed by atoms with Crippen LogP contribution in [0, 0.1) is 0 Å². The van der Waals surface area contributed by atoms with Gasteiger partial charge in [0.05, 0.1) is 0 Å². The lowest BCUT2D eigenvalue weighted by Crippen LogP contribution is -2.14. The second-order valence-corrected chi connectivity index (χ2v) is 10.3. The first-order valence-corrected chi connectivity index (χ1v) is 12.8. The monoisotopic (exact) mass is 489 g/mol. The average molecular weight is 490 g/mol. The molecule has 5 heteroatoms. The summed E-state index contributed by atoms with van der Waals surface area (Å²) in [5.74, 6) is 1.61. The molecule has 0 unspecified atom stereocenters. The number of para-hydroxylation sites is 1. The van der Waals surface area contributed by atoms with Gasteiger partial charge in [-0.15, -0.1) is 21.8 Å². The largest absolute Gasteiger partial charge is 0.416 e. The predicted octanol–water partition coefficient (Wildman–Crippen LogP) is 8.06. The Morgan fingerprint density at radius 1 is 0.722 bits per heavy atom. The van der Waals surface area contributed by atoms with E-state index in [0.29, 0.717) is 17.7 Å². The first-order chi connectivity index (χ1) is 17.6. The number of alkyl halides is 1. The highest BCUT2D eigenvalue weighted by Crippen LogP contribution is 2.49. The molecule has 2 aromatic heterocycles. The van der Waals surface area contributed by atoms with Crippen molar-refractivity contribution in [1.29, 1.82) is 0 Å². The normalized spacial score (nSPS) is 13.9. The van der Waals surface area contributed by atoms with Crippen molar-refractivity contribution in [3.8, 4) is 34.0 Å². The summed E-state index contributed by atoms with van der Waals surface area (Å²) in [7, 11) is 0. The van der Waals surface area contributed by atoms with E-state index < -0.39 is 0 Å². The van der Waals surface area contributed by atoms with Gasteiger partial charge in [0.25, 0.3) is 0 Å². The van der Waals surface area contributed by atoms with E-state index in [1.54, 1.807) is 0 Å². The summed E-state index contributed by atoms with van der Waals surface area (Å²) < 4.78 is 8.49. The standard InChI is InChI=1S/C31H24ClN3O/c1-31(2)25-9-5-3-7-21(25)22-13-11-20(18-26(22)31)30-34-33-29(36-30)19-12-14-28-24(17-19)23-8-4-6-10-27(23)35(28)16-15-32/h3-14,17-18H,15-16H2,1-2H3. The number of halogens is 1. The Morgan fingerprint density at radius 2 is 1.39 bits per heavy atom. The number of hydrogen-bond acceptors (Lipinski definition) is 3. The van der Waals surface area contributed by atoms with Gasteiger partial charge in [-0.2, -0.15) is 0 Å². The van der Waals surface area contributed by atoms with E-state index >= 15 is 0 Å². The van der Waals surface area contributed by atoms with Gasteiger partial charge < -0.3 is 8.98 Å². The third kappa shape index (κ3) is 3.01. The van der Waals surface area contributed by atoms with Crippen LogP contribution in [0.5, 0.6) is 0 Å². The molecule has 0 radical (unpaired) electrons. The smallest absolute Gasteiger partial charge is 0.248 e. The topological polar surface area (TPSA) is 43.9 Å². The van der Waals surface area contributed by atoms with Gasteiger partial charge in [-0.1, -0.05) is 62.4 Å². The highest BCUT2D eigenvalue weighted by Gasteiger charge is 2.35. The second kappa shape index (κ2) is 7.81. The van der Waals surface area contributed by atoms with E-state index in [9.17, 15) is 0 Å². The van der Waals surface area contributed by atoms with Crippen molar-refractivity contribution in [1.82, 2.24) is 14.8 Å². The minimum absolute atomic E-state index is 0.0763. The van der Waals surface area contributed by atoms with Gasteiger partial charge in [0, 0.05) is 50.8 Å². The van der Waals surface area contributed by atoms with E-state index in [2.05, 4.69) is 107 Å². The summed E-state index contributed by atoms with van der Waals surface area (Å²) in [5, 5.41) is 11.2. The molecular weight excluding hydrogens is 466 g/mol. The molecule has 0 aliphatic heterocycles. The number of rotatable bonds is 4. The van der Waals surface area contributed by atoms with Crippen molar-refractivity contribution in [3.05, 3.63) is 96.1 Å². The van der Waals surface area contributed by atoms with Crippen molar-refractivity contribution >= 4 is 33.4 Å². The predicted molar refractivity (Wildman–Crippen MR) is 146 cm³/mol. The van der Waals surface area contributed by atoms with Gasteiger partial charge >= 0.3 is 0 Å². The maximum absolute atomic E-state index is 6.23. The average Bonchev–Trinajstić information content (AvgIpc) is 3.58. The van der Waals surface area contributed by atoms with Crippen LogP contribution in [0.25, 0.3) is 55.8 Å². The fourth-order valence-corrected chi connectivity index (χ4v) is 5.98. The Kier molecular flexibility index (Phi) is 4.64. The molecule has 0 saturated heterocycles. The van der Waals surface area contributed by atoms with E-state index in [1.165, 1.54) is 33.2 Å². The molecular formula is C31H24ClN3O. The van der Waals surface area contributed by atoms with Crippen LogP contribution in [0.2, 0.25) is 0 Å². The molecule has 0 bridgehead atoms. The quantitative estimate of drug-likeness (QED) is 0.235. The first-order valence-electron chi connectivity index (χ1n) is 12.2. The molecule has 176 valence electrons. The highest BCUT2D eigenvalue weighted by molar-refractivity contribution is 6.18. The molecule has 1 aliphatic carbocycles. The Balaban J connectivity index is 1.30. The number of fused-ring (bicyclic) bond motifs is 6. The van der Waals surface area contributed by atoms with Gasteiger partial charge in [0.15, 0.2) is 0 Å². The van der Waals surface area contributed by atoms with Crippen LogP contribution < -0.4 is 0 Å². The van der Waals surface area contributed by atoms with E-state index in [-0.39, 0.29) is 5.41 Å². The zero-order valence-electron chi connectivity index (χ0n) is 20.1. The maximum Gasteiger partial charge on any atom is 0.248 e. The molecule has 0 spiro atoms. The number of hydrogen-bond donors (Lipinski definition) is 0. The minimum Gasteiger partial charge on any atom is -0.416 e. The molecule has 0 amide bonds. The molecule has 36 heavy (non-hydrogen) atoms. The fraction of sp³-hybridized carbons (Fsp3) is 0.161. The van der Waals surface area contributed by atoms with Gasteiger partial charge in [-0.3, -0.25) is 0 Å². The van der Waals surface area contributed by atoms with Gasteiger partial charge in [-0.05, 0) is 58.7 Å². The SMILES string of the molecule is CC1(C)c2ccccc2-c2ccc(-c3nnc(-c4ccc5c(c4)c4ccccc4n5CCCl)o3)cc21. The molecule has 0 saturated carbocycles. The third-order valence-electron chi connectivity index (χ3n) is 7.58. The van der Waals surface area contributed by atoms with Gasteiger partial charge in [0.1, 0.15) is 0 Å². The Labute approximate surface area is 214 Å². The van der Waals surface area contributed by atoms with Crippen molar-refractivity contribution in [2.75, 3.05) is 5.88 Å². The molecule has 1 aliphatic rings. The van der Waals surface area contributed by atoms with Crippen LogP contribution in [0.15, 0.2) is 89.3 Å². The molecule has 4 aromatic carbocycles. The number of benzene rings is 4. The summed E-state index contributed by atoms with van der Waals surface area (Å²) in [5.41, 5.74) is 9.32. The lowest BCUT2D eigenvalue weighted by molar-refractivity contribution is 0.584. The van der Waals surface area contributed by atoms with Crippen molar-refractivity contribution in [3.63, 3.8) is 0 Å². The van der Waals surface area contributed by atoms with Crippen molar-refractivity contribution in [2.45, 2.75) is 25.8 Å². The van der Waals surface area contributed by atoms with E-state index in [4.69, 9.17) is 16.0 Å². The Bertz CT molecular complexity index is 1790. The van der Waals surface area contributed by atoms with Crippen LogP contribution in [0.4, 0.5) is 0 Å². The van der Waals surface area contributed by atoms with Gasteiger partial charge in [0.2, 0.25) is 11.8 Å². The summed E-state index contributed by atoms with van der Waals surface area (Å²) in [6, 6.07) is 29.8. The Morgan fingerprint density at radius 3 is 2.22 bits per heavy atom. The minimum atomic E-state index is -0.0763. The second-order valence-electron chi connectivity index (χ2n) is 9.93. The molecule has 0 atom stereocenters. The lowest BCUT2D eigenvalue weighted by atomic mass is 9.82. The number of nitrogens with zero attached hydrogens (tertiary/aromatic N) is 3. The first kappa shape index (κ1) is 21.4.